The van der Waals surface area contributed by atoms with Crippen molar-refractivity contribution in [3.05, 3.63) is 119 Å². The lowest BCUT2D eigenvalue weighted by molar-refractivity contribution is -0.119. The summed E-state index contributed by atoms with van der Waals surface area (Å²) in [7, 11) is -4.03. The van der Waals surface area contributed by atoms with Crippen molar-refractivity contribution in [2.75, 3.05) is 22.8 Å². The summed E-state index contributed by atoms with van der Waals surface area (Å²) in [6.07, 6.45) is 1.43. The maximum Gasteiger partial charge on any atom is 0.264 e. The van der Waals surface area contributed by atoms with Gasteiger partial charge in [0.25, 0.3) is 21.8 Å². The van der Waals surface area contributed by atoms with E-state index in [-0.39, 0.29) is 23.3 Å². The molecule has 0 saturated heterocycles. The number of sulfonamides is 1. The average molecular weight is 613 g/mol. The molecule has 4 rings (SSSR count). The van der Waals surface area contributed by atoms with E-state index in [1.54, 1.807) is 48.5 Å². The Morgan fingerprint density at radius 2 is 1.41 bits per heavy atom. The molecule has 4 aromatic rings. The van der Waals surface area contributed by atoms with E-state index in [2.05, 4.69) is 15.8 Å². The molecule has 9 nitrogen and oxygen atoms in total. The Morgan fingerprint density at radius 3 is 2.00 bits per heavy atom. The molecule has 44 heavy (non-hydrogen) atoms. The molecule has 2 N–H and O–H groups in total. The molecule has 0 fully saturated rings. The summed E-state index contributed by atoms with van der Waals surface area (Å²) in [5, 5.41) is 6.77. The predicted molar refractivity (Wildman–Crippen MR) is 174 cm³/mol. The normalized spacial score (nSPS) is 11.4. The van der Waals surface area contributed by atoms with Crippen molar-refractivity contribution in [3.8, 4) is 5.75 Å². The third-order valence-corrected chi connectivity index (χ3v) is 8.52. The number of amides is 2. The van der Waals surface area contributed by atoms with Crippen LogP contribution < -0.4 is 19.8 Å². The molecule has 0 bridgehead atoms. The Hall–Kier alpha value is -4.96. The molecule has 0 atom stereocenters. The number of nitrogens with one attached hydrogen (secondary N) is 2. The second-order valence-electron chi connectivity index (χ2n) is 10.6. The second kappa shape index (κ2) is 14.5. The fraction of sp³-hybridized carbons (Fsp3) is 0.206. The molecule has 0 aliphatic rings. The van der Waals surface area contributed by atoms with Crippen LogP contribution in [0.3, 0.4) is 0 Å². The van der Waals surface area contributed by atoms with Crippen LogP contribution in [0.5, 0.6) is 5.75 Å². The third kappa shape index (κ3) is 8.78. The summed E-state index contributed by atoms with van der Waals surface area (Å²) >= 11 is 0. The fourth-order valence-corrected chi connectivity index (χ4v) is 5.58. The van der Waals surface area contributed by atoms with Crippen molar-refractivity contribution < 1.29 is 22.7 Å². The lowest BCUT2D eigenvalue weighted by atomic mass is 10.0. The summed E-state index contributed by atoms with van der Waals surface area (Å²) in [6, 6.07) is 27.9. The third-order valence-electron chi connectivity index (χ3n) is 6.73. The SMILES string of the molecule is Cc1ccc(NC(=O)COc2ccc(/C=N\NC(=O)CN(c3ccc(C(C)C)cc3)S(=O)(=O)c3ccc(C)cc3)cc2)cc1. The molecule has 0 unspecified atom stereocenters. The van der Waals surface area contributed by atoms with E-state index in [1.165, 1.54) is 18.3 Å². The smallest absolute Gasteiger partial charge is 0.264 e. The molecule has 2 amide bonds. The number of carbonyl (C=O) groups is 2. The van der Waals surface area contributed by atoms with Gasteiger partial charge in [-0.3, -0.25) is 13.9 Å². The van der Waals surface area contributed by atoms with Crippen molar-refractivity contribution in [2.24, 2.45) is 5.10 Å². The lowest BCUT2D eigenvalue weighted by Gasteiger charge is -2.24. The van der Waals surface area contributed by atoms with Crippen LogP contribution in [0.15, 0.2) is 107 Å². The Bertz CT molecular complexity index is 1700. The number of hydrazone groups is 1. The first kappa shape index (κ1) is 32.0. The van der Waals surface area contributed by atoms with Gasteiger partial charge >= 0.3 is 0 Å². The first-order chi connectivity index (χ1) is 21.0. The molecule has 0 aliphatic heterocycles. The van der Waals surface area contributed by atoms with Gasteiger partial charge in [0.1, 0.15) is 12.3 Å². The van der Waals surface area contributed by atoms with Gasteiger partial charge in [-0.2, -0.15) is 5.10 Å². The zero-order valence-electron chi connectivity index (χ0n) is 25.2. The summed E-state index contributed by atoms with van der Waals surface area (Å²) in [6.45, 7) is 7.32. The summed E-state index contributed by atoms with van der Waals surface area (Å²) in [5.74, 6) is -0.125. The van der Waals surface area contributed by atoms with E-state index in [9.17, 15) is 18.0 Å². The van der Waals surface area contributed by atoms with Crippen molar-refractivity contribution in [2.45, 2.75) is 38.5 Å². The number of aryl methyl sites for hydroxylation is 2. The van der Waals surface area contributed by atoms with Gasteiger partial charge in [-0.15, -0.1) is 0 Å². The molecule has 0 aliphatic carbocycles. The Balaban J connectivity index is 1.37. The second-order valence-corrected chi connectivity index (χ2v) is 12.5. The maximum absolute atomic E-state index is 13.6. The molecule has 4 aromatic carbocycles. The predicted octanol–water partition coefficient (Wildman–Crippen LogP) is 5.79. The van der Waals surface area contributed by atoms with Crippen molar-refractivity contribution in [1.82, 2.24) is 5.43 Å². The fourth-order valence-electron chi connectivity index (χ4n) is 4.16. The average Bonchev–Trinajstić information content (AvgIpc) is 3.01. The molecule has 0 saturated carbocycles. The van der Waals surface area contributed by atoms with Gasteiger partial charge in [-0.25, -0.2) is 13.8 Å². The topological polar surface area (TPSA) is 117 Å². The lowest BCUT2D eigenvalue weighted by Crippen LogP contribution is -2.39. The van der Waals surface area contributed by atoms with Crippen LogP contribution in [0.4, 0.5) is 11.4 Å². The van der Waals surface area contributed by atoms with Crippen LogP contribution in [-0.2, 0) is 19.6 Å². The minimum absolute atomic E-state index is 0.0854. The highest BCUT2D eigenvalue weighted by molar-refractivity contribution is 7.92. The highest BCUT2D eigenvalue weighted by Crippen LogP contribution is 2.26. The van der Waals surface area contributed by atoms with Crippen LogP contribution in [0.1, 0.15) is 42.0 Å². The number of nitrogens with zero attached hydrogens (tertiary/aromatic N) is 2. The zero-order chi connectivity index (χ0) is 31.7. The summed E-state index contributed by atoms with van der Waals surface area (Å²) in [5.41, 5.74) is 7.22. The number of hydrogen-bond acceptors (Lipinski definition) is 6. The monoisotopic (exact) mass is 612 g/mol. The Morgan fingerprint density at radius 1 is 0.818 bits per heavy atom. The van der Waals surface area contributed by atoms with E-state index >= 15 is 0 Å². The van der Waals surface area contributed by atoms with Crippen LogP contribution in [0.25, 0.3) is 0 Å². The van der Waals surface area contributed by atoms with Crippen LogP contribution in [0.2, 0.25) is 0 Å². The first-order valence-corrected chi connectivity index (χ1v) is 15.6. The standard InChI is InChI=1S/C34H36N4O5S/c1-24(2)28-11-15-30(16-12-28)38(44(41,42)32-19-7-26(4)8-20-32)22-33(39)37-35-21-27-9-17-31(18-10-27)43-23-34(40)36-29-13-5-25(3)6-14-29/h5-21,24H,22-23H2,1-4H3,(H,36,40)(H,37,39)/b35-21-. The maximum atomic E-state index is 13.6. The quantitative estimate of drug-likeness (QED) is 0.155. The van der Waals surface area contributed by atoms with E-state index in [0.717, 1.165) is 21.0 Å². The van der Waals surface area contributed by atoms with E-state index in [1.807, 2.05) is 64.1 Å². The summed E-state index contributed by atoms with van der Waals surface area (Å²) < 4.78 is 33.8. The van der Waals surface area contributed by atoms with Crippen LogP contribution in [0, 0.1) is 13.8 Å². The van der Waals surface area contributed by atoms with E-state index in [4.69, 9.17) is 4.74 Å². The van der Waals surface area contributed by atoms with Crippen LogP contribution >= 0.6 is 0 Å². The largest absolute Gasteiger partial charge is 0.484 e. The molecular formula is C34H36N4O5S. The van der Waals surface area contributed by atoms with Gasteiger partial charge in [0.05, 0.1) is 16.8 Å². The zero-order valence-corrected chi connectivity index (χ0v) is 26.0. The van der Waals surface area contributed by atoms with E-state index in [0.29, 0.717) is 22.7 Å². The van der Waals surface area contributed by atoms with Gasteiger partial charge in [-0.05, 0) is 91.6 Å². The molecule has 0 heterocycles. The molecule has 0 radical (unpaired) electrons. The summed E-state index contributed by atoms with van der Waals surface area (Å²) in [4.78, 5) is 25.1. The van der Waals surface area contributed by atoms with Gasteiger partial charge in [-0.1, -0.05) is 61.4 Å². The minimum atomic E-state index is -4.03. The Kier molecular flexibility index (Phi) is 10.5. The van der Waals surface area contributed by atoms with Crippen LogP contribution in [-0.4, -0.2) is 39.6 Å². The number of benzene rings is 4. The van der Waals surface area contributed by atoms with Gasteiger partial charge in [0, 0.05) is 5.69 Å². The van der Waals surface area contributed by atoms with Crippen molar-refractivity contribution in [3.63, 3.8) is 0 Å². The first-order valence-electron chi connectivity index (χ1n) is 14.1. The number of ether oxygens (including phenoxy) is 1. The highest BCUT2D eigenvalue weighted by Gasteiger charge is 2.27. The van der Waals surface area contributed by atoms with Gasteiger partial charge in [0.15, 0.2) is 6.61 Å². The van der Waals surface area contributed by atoms with Gasteiger partial charge < -0.3 is 10.1 Å². The van der Waals surface area contributed by atoms with Crippen molar-refractivity contribution >= 4 is 39.4 Å². The molecular weight excluding hydrogens is 576 g/mol. The van der Waals surface area contributed by atoms with Gasteiger partial charge in [0.2, 0.25) is 0 Å². The number of anilines is 2. The number of rotatable bonds is 12. The molecule has 228 valence electrons. The number of carbonyl (C=O) groups excluding carboxylic acids is 2. The Labute approximate surface area is 258 Å². The highest BCUT2D eigenvalue weighted by atomic mass is 32.2. The molecule has 10 heteroatoms. The van der Waals surface area contributed by atoms with Crippen molar-refractivity contribution in [1.29, 1.82) is 0 Å². The molecule has 0 spiro atoms. The van der Waals surface area contributed by atoms with E-state index < -0.39 is 22.5 Å². The number of hydrogen-bond donors (Lipinski definition) is 2. The molecule has 0 aromatic heterocycles. The minimum Gasteiger partial charge on any atom is -0.484 e.